The standard InChI is InChI=1S/C15H22N4O/c1-12-16-8-13(9-17-12)10-19-7-5-15(11-19)4-3-6-18(2)14(15)20/h8-9H,3-7,10-11H2,1-2H3/t15-/m1/s1. The Labute approximate surface area is 120 Å². The van der Waals surface area contributed by atoms with Crippen LogP contribution in [0.4, 0.5) is 0 Å². The second kappa shape index (κ2) is 5.13. The zero-order valence-corrected chi connectivity index (χ0v) is 12.3. The molecule has 2 aliphatic heterocycles. The number of hydrogen-bond donors (Lipinski definition) is 0. The predicted octanol–water partition coefficient (Wildman–Crippen LogP) is 1.23. The molecule has 0 unspecified atom stereocenters. The van der Waals surface area contributed by atoms with Gasteiger partial charge in [-0.2, -0.15) is 0 Å². The molecule has 1 spiro atoms. The largest absolute Gasteiger partial charge is 0.345 e. The maximum absolute atomic E-state index is 12.5. The minimum atomic E-state index is -0.126. The maximum atomic E-state index is 12.5. The van der Waals surface area contributed by atoms with Crippen LogP contribution in [0.25, 0.3) is 0 Å². The summed E-state index contributed by atoms with van der Waals surface area (Å²) >= 11 is 0. The van der Waals surface area contributed by atoms with Crippen LogP contribution in [0.2, 0.25) is 0 Å². The molecule has 0 radical (unpaired) electrons. The fraction of sp³-hybridized carbons (Fsp3) is 0.667. The molecule has 0 aromatic carbocycles. The summed E-state index contributed by atoms with van der Waals surface area (Å²) in [4.78, 5) is 25.2. The molecule has 2 fully saturated rings. The fourth-order valence-corrected chi connectivity index (χ4v) is 3.50. The van der Waals surface area contributed by atoms with Crippen LogP contribution >= 0.6 is 0 Å². The summed E-state index contributed by atoms with van der Waals surface area (Å²) in [5.41, 5.74) is 1.00. The van der Waals surface area contributed by atoms with Gasteiger partial charge in [0.25, 0.3) is 0 Å². The van der Waals surface area contributed by atoms with E-state index in [2.05, 4.69) is 14.9 Å². The first kappa shape index (κ1) is 13.5. The van der Waals surface area contributed by atoms with Gasteiger partial charge in [-0.05, 0) is 32.7 Å². The van der Waals surface area contributed by atoms with E-state index in [0.29, 0.717) is 5.91 Å². The molecule has 0 N–H and O–H groups in total. The molecular weight excluding hydrogens is 252 g/mol. The maximum Gasteiger partial charge on any atom is 0.229 e. The van der Waals surface area contributed by atoms with E-state index >= 15 is 0 Å². The molecule has 0 bridgehead atoms. The summed E-state index contributed by atoms with van der Waals surface area (Å²) in [6.45, 7) is 5.52. The number of nitrogens with zero attached hydrogens (tertiary/aromatic N) is 4. The van der Waals surface area contributed by atoms with Crippen LogP contribution in [0, 0.1) is 12.3 Å². The van der Waals surface area contributed by atoms with Crippen molar-refractivity contribution in [2.45, 2.75) is 32.7 Å². The summed E-state index contributed by atoms with van der Waals surface area (Å²) in [5.74, 6) is 1.14. The molecule has 5 heteroatoms. The van der Waals surface area contributed by atoms with Gasteiger partial charge in [-0.25, -0.2) is 9.97 Å². The molecule has 20 heavy (non-hydrogen) atoms. The molecule has 1 aromatic rings. The lowest BCUT2D eigenvalue weighted by Crippen LogP contribution is -2.48. The van der Waals surface area contributed by atoms with E-state index in [1.165, 1.54) is 0 Å². The van der Waals surface area contributed by atoms with Crippen LogP contribution in [0.1, 0.15) is 30.7 Å². The normalized spacial score (nSPS) is 27.5. The van der Waals surface area contributed by atoms with Crippen molar-refractivity contribution >= 4 is 5.91 Å². The number of hydrogen-bond acceptors (Lipinski definition) is 4. The zero-order valence-electron chi connectivity index (χ0n) is 12.3. The number of aryl methyl sites for hydroxylation is 1. The summed E-state index contributed by atoms with van der Waals surface area (Å²) in [5, 5.41) is 0. The average molecular weight is 274 g/mol. The quantitative estimate of drug-likeness (QED) is 0.814. The minimum Gasteiger partial charge on any atom is -0.345 e. The number of carbonyl (C=O) groups is 1. The van der Waals surface area contributed by atoms with Gasteiger partial charge in [0, 0.05) is 44.6 Å². The van der Waals surface area contributed by atoms with Gasteiger partial charge >= 0.3 is 0 Å². The molecule has 5 nitrogen and oxygen atoms in total. The van der Waals surface area contributed by atoms with Crippen molar-refractivity contribution in [1.82, 2.24) is 19.8 Å². The number of aromatic nitrogens is 2. The second-order valence-electron chi connectivity index (χ2n) is 6.21. The highest BCUT2D eigenvalue weighted by atomic mass is 16.2. The Hall–Kier alpha value is -1.49. The molecule has 3 rings (SSSR count). The third kappa shape index (κ3) is 2.42. The van der Waals surface area contributed by atoms with Gasteiger partial charge in [0.15, 0.2) is 0 Å². The van der Waals surface area contributed by atoms with Gasteiger partial charge in [0.1, 0.15) is 5.82 Å². The SMILES string of the molecule is Cc1ncc(CN2CC[C@]3(CCCN(C)C3=O)C2)cn1. The van der Waals surface area contributed by atoms with Crippen LogP contribution in [0.15, 0.2) is 12.4 Å². The first-order valence-corrected chi connectivity index (χ1v) is 7.35. The van der Waals surface area contributed by atoms with Gasteiger partial charge in [-0.1, -0.05) is 0 Å². The summed E-state index contributed by atoms with van der Waals surface area (Å²) in [6.07, 6.45) is 6.94. The lowest BCUT2D eigenvalue weighted by molar-refractivity contribution is -0.143. The van der Waals surface area contributed by atoms with Crippen LogP contribution in [-0.2, 0) is 11.3 Å². The van der Waals surface area contributed by atoms with Gasteiger partial charge in [0.2, 0.25) is 5.91 Å². The fourth-order valence-electron chi connectivity index (χ4n) is 3.50. The van der Waals surface area contributed by atoms with Crippen LogP contribution in [0.3, 0.4) is 0 Å². The predicted molar refractivity (Wildman–Crippen MR) is 76.0 cm³/mol. The number of amides is 1. The lowest BCUT2D eigenvalue weighted by atomic mass is 9.78. The Kier molecular flexibility index (Phi) is 3.46. The van der Waals surface area contributed by atoms with Crippen LogP contribution in [0.5, 0.6) is 0 Å². The van der Waals surface area contributed by atoms with Crippen molar-refractivity contribution in [1.29, 1.82) is 0 Å². The summed E-state index contributed by atoms with van der Waals surface area (Å²) in [6, 6.07) is 0. The average Bonchev–Trinajstić information content (AvgIpc) is 2.83. The molecule has 1 aromatic heterocycles. The highest BCUT2D eigenvalue weighted by Gasteiger charge is 2.47. The molecule has 0 saturated carbocycles. The highest BCUT2D eigenvalue weighted by molar-refractivity contribution is 5.83. The first-order chi connectivity index (χ1) is 9.59. The van der Waals surface area contributed by atoms with Crippen molar-refractivity contribution in [2.75, 3.05) is 26.7 Å². The van der Waals surface area contributed by atoms with E-state index in [4.69, 9.17) is 0 Å². The first-order valence-electron chi connectivity index (χ1n) is 7.35. The van der Waals surface area contributed by atoms with E-state index in [0.717, 1.165) is 56.8 Å². The van der Waals surface area contributed by atoms with E-state index in [1.54, 1.807) is 0 Å². The summed E-state index contributed by atoms with van der Waals surface area (Å²) < 4.78 is 0. The van der Waals surface area contributed by atoms with Gasteiger partial charge in [-0.15, -0.1) is 0 Å². The topological polar surface area (TPSA) is 49.3 Å². The number of piperidine rings is 1. The Bertz CT molecular complexity index is 501. The van der Waals surface area contributed by atoms with Crippen molar-refractivity contribution in [3.63, 3.8) is 0 Å². The van der Waals surface area contributed by atoms with E-state index in [9.17, 15) is 4.79 Å². The second-order valence-corrected chi connectivity index (χ2v) is 6.21. The summed E-state index contributed by atoms with van der Waals surface area (Å²) in [7, 11) is 1.93. The van der Waals surface area contributed by atoms with E-state index in [1.807, 2.05) is 31.3 Å². The highest BCUT2D eigenvalue weighted by Crippen LogP contribution is 2.39. The molecule has 1 atom stereocenters. The monoisotopic (exact) mass is 274 g/mol. The van der Waals surface area contributed by atoms with Crippen molar-refractivity contribution in [3.05, 3.63) is 23.8 Å². The molecule has 0 aliphatic carbocycles. The molecule has 2 saturated heterocycles. The lowest BCUT2D eigenvalue weighted by Gasteiger charge is -2.37. The smallest absolute Gasteiger partial charge is 0.229 e. The Morgan fingerprint density at radius 2 is 2.00 bits per heavy atom. The molecule has 3 heterocycles. The third-order valence-corrected chi connectivity index (χ3v) is 4.62. The Morgan fingerprint density at radius 3 is 2.75 bits per heavy atom. The van der Waals surface area contributed by atoms with Crippen molar-refractivity contribution in [2.24, 2.45) is 5.41 Å². The Morgan fingerprint density at radius 1 is 1.25 bits per heavy atom. The number of rotatable bonds is 2. The third-order valence-electron chi connectivity index (χ3n) is 4.62. The minimum absolute atomic E-state index is 0.126. The number of carbonyl (C=O) groups excluding carboxylic acids is 1. The van der Waals surface area contributed by atoms with E-state index in [-0.39, 0.29) is 5.41 Å². The van der Waals surface area contributed by atoms with Gasteiger partial charge in [-0.3, -0.25) is 9.69 Å². The van der Waals surface area contributed by atoms with E-state index < -0.39 is 0 Å². The van der Waals surface area contributed by atoms with Crippen molar-refractivity contribution < 1.29 is 4.79 Å². The Balaban J connectivity index is 1.67. The molecular formula is C15H22N4O. The van der Waals surface area contributed by atoms with Gasteiger partial charge < -0.3 is 4.90 Å². The molecule has 1 amide bonds. The molecule has 2 aliphatic rings. The number of likely N-dealkylation sites (tertiary alicyclic amines) is 2. The van der Waals surface area contributed by atoms with Crippen LogP contribution < -0.4 is 0 Å². The zero-order chi connectivity index (χ0) is 14.2. The van der Waals surface area contributed by atoms with Crippen molar-refractivity contribution in [3.8, 4) is 0 Å². The van der Waals surface area contributed by atoms with Crippen LogP contribution in [-0.4, -0.2) is 52.4 Å². The van der Waals surface area contributed by atoms with Gasteiger partial charge in [0.05, 0.1) is 5.41 Å². The molecule has 108 valence electrons.